The Bertz CT molecular complexity index is 481. The van der Waals surface area contributed by atoms with Crippen molar-refractivity contribution >= 4 is 36.0 Å². The highest BCUT2D eigenvalue weighted by Gasteiger charge is 2.27. The fourth-order valence-corrected chi connectivity index (χ4v) is 3.24. The number of guanidine groups is 1. The summed E-state index contributed by atoms with van der Waals surface area (Å²) in [5, 5.41) is 3.44. The molecule has 0 spiro atoms. The van der Waals surface area contributed by atoms with Crippen LogP contribution >= 0.6 is 24.0 Å². The topological polar surface area (TPSA) is 57.2 Å². The highest BCUT2D eigenvalue weighted by molar-refractivity contribution is 14.0. The van der Waals surface area contributed by atoms with Crippen LogP contribution < -0.4 is 5.32 Å². The average molecular weight is 494 g/mol. The van der Waals surface area contributed by atoms with E-state index in [0.717, 1.165) is 57.4 Å². The summed E-state index contributed by atoms with van der Waals surface area (Å²) in [6.07, 6.45) is 4.66. The number of carbonyl (C=O) groups excluding carboxylic acids is 1. The molecule has 6 nitrogen and oxygen atoms in total. The minimum atomic E-state index is -0.438. The monoisotopic (exact) mass is 494 g/mol. The largest absolute Gasteiger partial charge is 0.444 e. The normalized spacial score (nSPS) is 18.7. The molecule has 0 radical (unpaired) electrons. The first kappa shape index (κ1) is 24.3. The highest BCUT2D eigenvalue weighted by Crippen LogP contribution is 2.29. The molecule has 2 aliphatic rings. The van der Waals surface area contributed by atoms with Gasteiger partial charge in [-0.15, -0.1) is 24.0 Å². The third-order valence-corrected chi connectivity index (χ3v) is 4.96. The molecule has 1 heterocycles. The van der Waals surface area contributed by atoms with Crippen LogP contribution in [-0.2, 0) is 4.74 Å². The minimum Gasteiger partial charge on any atom is -0.444 e. The van der Waals surface area contributed by atoms with Gasteiger partial charge in [-0.3, -0.25) is 4.99 Å². The zero-order chi connectivity index (χ0) is 19.2. The number of hydrogen-bond donors (Lipinski definition) is 1. The van der Waals surface area contributed by atoms with Crippen molar-refractivity contribution in [1.82, 2.24) is 15.1 Å². The lowest BCUT2D eigenvalue weighted by atomic mass is 9.96. The number of likely N-dealkylation sites (tertiary alicyclic amines) is 1. The van der Waals surface area contributed by atoms with Gasteiger partial charge >= 0.3 is 6.09 Å². The summed E-state index contributed by atoms with van der Waals surface area (Å²) in [5.74, 6) is 2.41. The maximum absolute atomic E-state index is 12.3. The van der Waals surface area contributed by atoms with E-state index < -0.39 is 5.60 Å². The van der Waals surface area contributed by atoms with Gasteiger partial charge in [-0.2, -0.15) is 0 Å². The van der Waals surface area contributed by atoms with E-state index in [-0.39, 0.29) is 30.1 Å². The standard InChI is InChI=1S/C20H38N4O2.HI/c1-6-21-18(22-14-16-8-9-16)24-12-10-17(11-13-24)15-23(7-2)19(25)26-20(3,4)5;/h16-17H,6-15H2,1-5H3,(H,21,22);1H. The number of halogens is 1. The Labute approximate surface area is 182 Å². The lowest BCUT2D eigenvalue weighted by molar-refractivity contribution is 0.0214. The lowest BCUT2D eigenvalue weighted by Crippen LogP contribution is -2.48. The van der Waals surface area contributed by atoms with E-state index in [1.165, 1.54) is 12.8 Å². The predicted octanol–water partition coefficient (Wildman–Crippen LogP) is 3.95. The molecule has 0 atom stereocenters. The van der Waals surface area contributed by atoms with Crippen LogP contribution in [0.5, 0.6) is 0 Å². The maximum atomic E-state index is 12.3. The molecular weight excluding hydrogens is 455 g/mol. The number of nitrogens with one attached hydrogen (secondary N) is 1. The second kappa shape index (κ2) is 11.3. The van der Waals surface area contributed by atoms with E-state index in [1.807, 2.05) is 32.6 Å². The van der Waals surface area contributed by atoms with Crippen LogP contribution in [0.1, 0.15) is 60.3 Å². The smallest absolute Gasteiger partial charge is 0.410 e. The van der Waals surface area contributed by atoms with Crippen LogP contribution in [0, 0.1) is 11.8 Å². The van der Waals surface area contributed by atoms with Gasteiger partial charge in [-0.25, -0.2) is 4.79 Å². The van der Waals surface area contributed by atoms with E-state index in [4.69, 9.17) is 9.73 Å². The zero-order valence-electron chi connectivity index (χ0n) is 17.8. The van der Waals surface area contributed by atoms with E-state index in [9.17, 15) is 4.79 Å². The average Bonchev–Trinajstić information content (AvgIpc) is 3.40. The number of aliphatic imine (C=N–C) groups is 1. The summed E-state index contributed by atoms with van der Waals surface area (Å²) in [6.45, 7) is 15.3. The fraction of sp³-hybridized carbons (Fsp3) is 0.900. The molecule has 0 aromatic heterocycles. The van der Waals surface area contributed by atoms with Crippen LogP contribution in [0.2, 0.25) is 0 Å². The minimum absolute atomic E-state index is 0. The van der Waals surface area contributed by atoms with Crippen LogP contribution in [0.3, 0.4) is 0 Å². The van der Waals surface area contributed by atoms with Crippen molar-refractivity contribution in [2.24, 2.45) is 16.8 Å². The third kappa shape index (κ3) is 8.87. The van der Waals surface area contributed by atoms with Crippen molar-refractivity contribution in [3.63, 3.8) is 0 Å². The molecule has 2 fully saturated rings. The van der Waals surface area contributed by atoms with Gasteiger partial charge in [-0.05, 0) is 72.1 Å². The molecule has 0 bridgehead atoms. The Hall–Kier alpha value is -0.730. The van der Waals surface area contributed by atoms with Crippen molar-refractivity contribution in [3.05, 3.63) is 0 Å². The molecule has 1 N–H and O–H groups in total. The summed E-state index contributed by atoms with van der Waals surface area (Å²) in [5.41, 5.74) is -0.438. The number of amides is 1. The predicted molar refractivity (Wildman–Crippen MR) is 122 cm³/mol. The first-order valence-corrected chi connectivity index (χ1v) is 10.3. The molecule has 1 saturated carbocycles. The summed E-state index contributed by atoms with van der Waals surface area (Å²) in [7, 11) is 0. The summed E-state index contributed by atoms with van der Waals surface area (Å²) >= 11 is 0. The van der Waals surface area contributed by atoms with Gasteiger partial charge in [0.1, 0.15) is 5.60 Å². The molecule has 1 aliphatic heterocycles. The molecule has 1 aliphatic carbocycles. The van der Waals surface area contributed by atoms with E-state index in [0.29, 0.717) is 12.5 Å². The molecule has 27 heavy (non-hydrogen) atoms. The van der Waals surface area contributed by atoms with E-state index >= 15 is 0 Å². The van der Waals surface area contributed by atoms with Crippen LogP contribution in [0.4, 0.5) is 4.79 Å². The van der Waals surface area contributed by atoms with Crippen molar-refractivity contribution in [2.75, 3.05) is 39.3 Å². The SMILES string of the molecule is CCNC(=NCC1CC1)N1CCC(CN(CC)C(=O)OC(C)(C)C)CC1.I. The number of rotatable bonds is 6. The molecule has 2 rings (SSSR count). The van der Waals surface area contributed by atoms with Crippen LogP contribution in [0.15, 0.2) is 4.99 Å². The van der Waals surface area contributed by atoms with Gasteiger partial charge in [-0.1, -0.05) is 0 Å². The zero-order valence-corrected chi connectivity index (χ0v) is 20.1. The fourth-order valence-electron chi connectivity index (χ4n) is 3.24. The van der Waals surface area contributed by atoms with Gasteiger partial charge in [0.2, 0.25) is 0 Å². The number of ether oxygens (including phenoxy) is 1. The lowest BCUT2D eigenvalue weighted by Gasteiger charge is -2.36. The Morgan fingerprint density at radius 3 is 2.26 bits per heavy atom. The Balaban J connectivity index is 0.00000364. The van der Waals surface area contributed by atoms with Gasteiger partial charge in [0.15, 0.2) is 5.96 Å². The molecule has 158 valence electrons. The number of carbonyl (C=O) groups is 1. The van der Waals surface area contributed by atoms with Gasteiger partial charge in [0, 0.05) is 39.3 Å². The first-order valence-electron chi connectivity index (χ1n) is 10.3. The second-order valence-electron chi connectivity index (χ2n) is 8.59. The number of piperidine rings is 1. The van der Waals surface area contributed by atoms with Crippen molar-refractivity contribution < 1.29 is 9.53 Å². The molecule has 0 aromatic carbocycles. The van der Waals surface area contributed by atoms with E-state index in [2.05, 4.69) is 17.1 Å². The number of nitrogens with zero attached hydrogens (tertiary/aromatic N) is 3. The van der Waals surface area contributed by atoms with Gasteiger partial charge < -0.3 is 19.9 Å². The van der Waals surface area contributed by atoms with Gasteiger partial charge in [0.05, 0.1) is 0 Å². The molecular formula is C20H39IN4O2. The molecule has 0 unspecified atom stereocenters. The Kier molecular flexibility index (Phi) is 10.2. The third-order valence-electron chi connectivity index (χ3n) is 4.96. The molecule has 0 aromatic rings. The van der Waals surface area contributed by atoms with Gasteiger partial charge in [0.25, 0.3) is 0 Å². The maximum Gasteiger partial charge on any atom is 0.410 e. The second-order valence-corrected chi connectivity index (χ2v) is 8.59. The van der Waals surface area contributed by atoms with Crippen molar-refractivity contribution in [3.8, 4) is 0 Å². The molecule has 7 heteroatoms. The number of hydrogen-bond acceptors (Lipinski definition) is 3. The first-order chi connectivity index (χ1) is 12.3. The Morgan fingerprint density at radius 1 is 1.15 bits per heavy atom. The van der Waals surface area contributed by atoms with E-state index in [1.54, 1.807) is 0 Å². The van der Waals surface area contributed by atoms with Crippen LogP contribution in [-0.4, -0.2) is 66.7 Å². The summed E-state index contributed by atoms with van der Waals surface area (Å²) in [6, 6.07) is 0. The highest BCUT2D eigenvalue weighted by atomic mass is 127. The van der Waals surface area contributed by atoms with Crippen molar-refractivity contribution in [1.29, 1.82) is 0 Å². The molecule has 1 saturated heterocycles. The summed E-state index contributed by atoms with van der Waals surface area (Å²) in [4.78, 5) is 21.4. The Morgan fingerprint density at radius 2 is 1.78 bits per heavy atom. The van der Waals surface area contributed by atoms with Crippen molar-refractivity contribution in [2.45, 2.75) is 65.9 Å². The van der Waals surface area contributed by atoms with Crippen LogP contribution in [0.25, 0.3) is 0 Å². The molecule has 1 amide bonds. The quantitative estimate of drug-likeness (QED) is 0.345. The summed E-state index contributed by atoms with van der Waals surface area (Å²) < 4.78 is 5.53.